The third kappa shape index (κ3) is 3.16. The molecule has 0 fully saturated rings. The molecule has 2 rings (SSSR count). The minimum atomic E-state index is -0.383. The molecule has 0 saturated heterocycles. The minimum absolute atomic E-state index is 0.0331. The molecule has 0 aliphatic carbocycles. The first-order chi connectivity index (χ1) is 9.38. The van der Waals surface area contributed by atoms with Gasteiger partial charge in [0.15, 0.2) is 0 Å². The van der Waals surface area contributed by atoms with Crippen LogP contribution in [0.2, 0.25) is 0 Å². The highest BCUT2D eigenvalue weighted by Crippen LogP contribution is 2.33. The van der Waals surface area contributed by atoms with Gasteiger partial charge < -0.3 is 5.32 Å². The van der Waals surface area contributed by atoms with Crippen LogP contribution in [0.15, 0.2) is 22.7 Å². The Morgan fingerprint density at radius 1 is 1.45 bits per heavy atom. The number of rotatable bonds is 4. The monoisotopic (exact) mass is 355 g/mol. The van der Waals surface area contributed by atoms with Crippen molar-refractivity contribution in [3.05, 3.63) is 48.4 Å². The molecule has 7 heteroatoms. The average Bonchev–Trinajstić information content (AvgIpc) is 2.68. The fraction of sp³-hybridized carbons (Fsp3) is 0.308. The van der Waals surface area contributed by atoms with Gasteiger partial charge in [-0.15, -0.1) is 11.3 Å². The van der Waals surface area contributed by atoms with Crippen molar-refractivity contribution in [3.8, 4) is 0 Å². The Labute approximate surface area is 129 Å². The van der Waals surface area contributed by atoms with E-state index in [1.807, 2.05) is 20.8 Å². The maximum Gasteiger partial charge on any atom is 0.292 e. The number of benzene rings is 1. The van der Waals surface area contributed by atoms with Crippen molar-refractivity contribution in [2.24, 2.45) is 0 Å². The number of halogens is 1. The molecule has 1 atom stereocenters. The van der Waals surface area contributed by atoms with Gasteiger partial charge in [0, 0.05) is 15.4 Å². The highest BCUT2D eigenvalue weighted by atomic mass is 79.9. The van der Waals surface area contributed by atoms with Crippen molar-refractivity contribution in [1.82, 2.24) is 4.98 Å². The van der Waals surface area contributed by atoms with Crippen molar-refractivity contribution in [1.29, 1.82) is 0 Å². The maximum absolute atomic E-state index is 11.1. The number of anilines is 1. The highest BCUT2D eigenvalue weighted by molar-refractivity contribution is 9.10. The van der Waals surface area contributed by atoms with Gasteiger partial charge in [-0.25, -0.2) is 4.98 Å². The molecule has 1 N–H and O–H groups in total. The summed E-state index contributed by atoms with van der Waals surface area (Å²) in [6, 6.07) is 4.84. The third-order valence-corrected chi connectivity index (χ3v) is 4.61. The van der Waals surface area contributed by atoms with Crippen LogP contribution in [0.25, 0.3) is 0 Å². The molecular weight excluding hydrogens is 342 g/mol. The van der Waals surface area contributed by atoms with E-state index in [1.165, 1.54) is 6.07 Å². The van der Waals surface area contributed by atoms with Crippen molar-refractivity contribution in [3.63, 3.8) is 0 Å². The summed E-state index contributed by atoms with van der Waals surface area (Å²) in [6.45, 7) is 5.88. The molecule has 0 aliphatic rings. The Hall–Kier alpha value is -1.47. The van der Waals surface area contributed by atoms with Gasteiger partial charge in [-0.1, -0.05) is 15.9 Å². The number of nitrogens with zero attached hydrogens (tertiary/aromatic N) is 2. The quantitative estimate of drug-likeness (QED) is 0.642. The van der Waals surface area contributed by atoms with Crippen LogP contribution < -0.4 is 5.32 Å². The largest absolute Gasteiger partial charge is 0.372 e. The van der Waals surface area contributed by atoms with Crippen molar-refractivity contribution < 1.29 is 4.92 Å². The Morgan fingerprint density at radius 2 is 2.15 bits per heavy atom. The van der Waals surface area contributed by atoms with E-state index in [9.17, 15) is 10.1 Å². The Bertz CT molecular complexity index is 657. The lowest BCUT2D eigenvalue weighted by Crippen LogP contribution is -2.08. The summed E-state index contributed by atoms with van der Waals surface area (Å²) < 4.78 is 0.801. The average molecular weight is 356 g/mol. The number of hydrogen-bond acceptors (Lipinski definition) is 5. The topological polar surface area (TPSA) is 68.1 Å². The van der Waals surface area contributed by atoms with Gasteiger partial charge in [-0.3, -0.25) is 10.1 Å². The standard InChI is InChI=1S/C13H14BrN3O2S/c1-7-13(20-9(3)15-7)8(2)16-11-6-10(14)4-5-12(11)17(18)19/h4-6,8,16H,1-3H3. The smallest absolute Gasteiger partial charge is 0.292 e. The van der Waals surface area contributed by atoms with Crippen LogP contribution in [-0.2, 0) is 0 Å². The molecule has 20 heavy (non-hydrogen) atoms. The first-order valence-electron chi connectivity index (χ1n) is 6.03. The summed E-state index contributed by atoms with van der Waals surface area (Å²) >= 11 is 4.94. The zero-order valence-corrected chi connectivity index (χ0v) is 13.7. The van der Waals surface area contributed by atoms with Gasteiger partial charge in [0.25, 0.3) is 5.69 Å². The molecule has 1 unspecified atom stereocenters. The van der Waals surface area contributed by atoms with Crippen molar-refractivity contribution in [2.75, 3.05) is 5.32 Å². The predicted molar refractivity (Wildman–Crippen MR) is 84.4 cm³/mol. The number of hydrogen-bond donors (Lipinski definition) is 1. The van der Waals surface area contributed by atoms with E-state index < -0.39 is 0 Å². The van der Waals surface area contributed by atoms with Gasteiger partial charge in [0.05, 0.1) is 21.7 Å². The van der Waals surface area contributed by atoms with Crippen LogP contribution in [0.4, 0.5) is 11.4 Å². The van der Waals surface area contributed by atoms with Crippen LogP contribution >= 0.6 is 27.3 Å². The second-order valence-corrected chi connectivity index (χ2v) is 6.62. The SMILES string of the molecule is Cc1nc(C)c(C(C)Nc2cc(Br)ccc2[N+](=O)[O-])s1. The fourth-order valence-corrected chi connectivity index (χ4v) is 3.32. The van der Waals surface area contributed by atoms with Gasteiger partial charge >= 0.3 is 0 Å². The van der Waals surface area contributed by atoms with Crippen LogP contribution in [-0.4, -0.2) is 9.91 Å². The summed E-state index contributed by atoms with van der Waals surface area (Å²) in [7, 11) is 0. The third-order valence-electron chi connectivity index (χ3n) is 2.86. The molecular formula is C13H14BrN3O2S. The molecule has 2 aromatic rings. The van der Waals surface area contributed by atoms with E-state index in [0.717, 1.165) is 20.1 Å². The summed E-state index contributed by atoms with van der Waals surface area (Å²) in [6.07, 6.45) is 0. The van der Waals surface area contributed by atoms with Crippen LogP contribution in [0, 0.1) is 24.0 Å². The summed E-state index contributed by atoms with van der Waals surface area (Å²) in [4.78, 5) is 16.2. The van der Waals surface area contributed by atoms with Gasteiger partial charge in [-0.2, -0.15) is 0 Å². The van der Waals surface area contributed by atoms with Crippen LogP contribution in [0.3, 0.4) is 0 Å². The van der Waals surface area contributed by atoms with E-state index in [-0.39, 0.29) is 16.7 Å². The fourth-order valence-electron chi connectivity index (χ4n) is 2.03. The van der Waals surface area contributed by atoms with Crippen molar-refractivity contribution >= 4 is 38.6 Å². The van der Waals surface area contributed by atoms with E-state index in [2.05, 4.69) is 26.2 Å². The summed E-state index contributed by atoms with van der Waals surface area (Å²) in [5, 5.41) is 15.3. The first kappa shape index (κ1) is 14.9. The number of nitro groups is 1. The first-order valence-corrected chi connectivity index (χ1v) is 7.64. The Balaban J connectivity index is 2.32. The molecule has 106 valence electrons. The number of aromatic nitrogens is 1. The highest BCUT2D eigenvalue weighted by Gasteiger charge is 2.18. The second-order valence-electron chi connectivity index (χ2n) is 4.47. The molecule has 1 heterocycles. The Kier molecular flexibility index (Phi) is 4.39. The molecule has 0 spiro atoms. The lowest BCUT2D eigenvalue weighted by atomic mass is 10.2. The number of nitrogens with one attached hydrogen (secondary N) is 1. The minimum Gasteiger partial charge on any atom is -0.372 e. The second kappa shape index (κ2) is 5.88. The molecule has 0 saturated carbocycles. The number of thiazole rings is 1. The molecule has 5 nitrogen and oxygen atoms in total. The number of nitro benzene ring substituents is 1. The van der Waals surface area contributed by atoms with E-state index in [0.29, 0.717) is 5.69 Å². The van der Waals surface area contributed by atoms with Gasteiger partial charge in [0.2, 0.25) is 0 Å². The molecule has 0 bridgehead atoms. The van der Waals surface area contributed by atoms with Crippen LogP contribution in [0.1, 0.15) is 28.5 Å². The molecule has 1 aromatic carbocycles. The van der Waals surface area contributed by atoms with E-state index in [1.54, 1.807) is 23.5 Å². The van der Waals surface area contributed by atoms with E-state index in [4.69, 9.17) is 0 Å². The Morgan fingerprint density at radius 3 is 2.70 bits per heavy atom. The lowest BCUT2D eigenvalue weighted by Gasteiger charge is -2.14. The van der Waals surface area contributed by atoms with Gasteiger partial charge in [0.1, 0.15) is 5.69 Å². The van der Waals surface area contributed by atoms with Gasteiger partial charge in [-0.05, 0) is 32.9 Å². The normalized spacial score (nSPS) is 12.2. The zero-order chi connectivity index (χ0) is 14.9. The molecule has 1 aromatic heterocycles. The summed E-state index contributed by atoms with van der Waals surface area (Å²) in [5.41, 5.74) is 1.53. The molecule has 0 radical (unpaired) electrons. The maximum atomic E-state index is 11.1. The molecule has 0 aliphatic heterocycles. The lowest BCUT2D eigenvalue weighted by molar-refractivity contribution is -0.384. The molecule has 0 amide bonds. The summed E-state index contributed by atoms with van der Waals surface area (Å²) in [5.74, 6) is 0. The van der Waals surface area contributed by atoms with Crippen LogP contribution in [0.5, 0.6) is 0 Å². The predicted octanol–water partition coefficient (Wildman–Crippen LogP) is 4.60. The van der Waals surface area contributed by atoms with E-state index >= 15 is 0 Å². The zero-order valence-electron chi connectivity index (χ0n) is 11.3. The number of aryl methyl sites for hydroxylation is 2. The van der Waals surface area contributed by atoms with Crippen molar-refractivity contribution in [2.45, 2.75) is 26.8 Å².